The van der Waals surface area contributed by atoms with Crippen molar-refractivity contribution in [3.05, 3.63) is 59.5 Å². The maximum atomic E-state index is 12.5. The van der Waals surface area contributed by atoms with Crippen molar-refractivity contribution in [1.82, 2.24) is 25.1 Å². The zero-order chi connectivity index (χ0) is 24.5. The number of benzene rings is 1. The van der Waals surface area contributed by atoms with Gasteiger partial charge in [0.1, 0.15) is 11.6 Å². The SMILES string of the molecule is CCc1ccc(O[C@@H](C)C(=O)NCc2nnc(SCC(=O)Nc3ncccc3C)n2CC)cc1. The van der Waals surface area contributed by atoms with Crippen molar-refractivity contribution in [3.63, 3.8) is 0 Å². The van der Waals surface area contributed by atoms with Crippen LogP contribution in [-0.4, -0.2) is 43.4 Å². The van der Waals surface area contributed by atoms with Gasteiger partial charge in [-0.15, -0.1) is 10.2 Å². The van der Waals surface area contributed by atoms with Gasteiger partial charge in [0, 0.05) is 12.7 Å². The summed E-state index contributed by atoms with van der Waals surface area (Å²) in [4.78, 5) is 29.0. The molecule has 2 N–H and O–H groups in total. The van der Waals surface area contributed by atoms with Crippen molar-refractivity contribution in [2.75, 3.05) is 11.1 Å². The summed E-state index contributed by atoms with van der Waals surface area (Å²) in [6.07, 6.45) is 1.93. The summed E-state index contributed by atoms with van der Waals surface area (Å²) < 4.78 is 7.61. The lowest BCUT2D eigenvalue weighted by Crippen LogP contribution is -2.36. The van der Waals surface area contributed by atoms with Crippen LogP contribution < -0.4 is 15.4 Å². The summed E-state index contributed by atoms with van der Waals surface area (Å²) >= 11 is 1.28. The van der Waals surface area contributed by atoms with E-state index in [1.807, 2.05) is 54.8 Å². The molecule has 0 radical (unpaired) electrons. The Morgan fingerprint density at radius 1 is 1.15 bits per heavy atom. The van der Waals surface area contributed by atoms with E-state index in [1.54, 1.807) is 13.1 Å². The molecule has 180 valence electrons. The van der Waals surface area contributed by atoms with Crippen molar-refractivity contribution in [1.29, 1.82) is 0 Å². The zero-order valence-electron chi connectivity index (χ0n) is 19.9. The largest absolute Gasteiger partial charge is 0.481 e. The number of thioether (sulfide) groups is 1. The number of hydrogen-bond donors (Lipinski definition) is 2. The summed E-state index contributed by atoms with van der Waals surface area (Å²) in [6, 6.07) is 11.4. The number of carbonyl (C=O) groups is 2. The average molecular weight is 483 g/mol. The molecule has 1 atom stereocenters. The predicted molar refractivity (Wildman–Crippen MR) is 132 cm³/mol. The summed E-state index contributed by atoms with van der Waals surface area (Å²) in [5.74, 6) is 1.55. The molecule has 0 aliphatic carbocycles. The van der Waals surface area contributed by atoms with E-state index in [0.717, 1.165) is 12.0 Å². The second kappa shape index (κ2) is 12.2. The Labute approximate surface area is 203 Å². The molecule has 9 nitrogen and oxygen atoms in total. The second-order valence-corrected chi connectivity index (χ2v) is 8.57. The van der Waals surface area contributed by atoms with E-state index in [2.05, 4.69) is 32.7 Å². The number of nitrogens with zero attached hydrogens (tertiary/aromatic N) is 4. The first-order valence-corrected chi connectivity index (χ1v) is 12.2. The van der Waals surface area contributed by atoms with Crippen LogP contribution >= 0.6 is 11.8 Å². The van der Waals surface area contributed by atoms with Crippen LogP contribution in [0.2, 0.25) is 0 Å². The van der Waals surface area contributed by atoms with Crippen LogP contribution in [0.5, 0.6) is 5.75 Å². The van der Waals surface area contributed by atoms with Gasteiger partial charge in [0.05, 0.1) is 12.3 Å². The van der Waals surface area contributed by atoms with Gasteiger partial charge >= 0.3 is 0 Å². The minimum absolute atomic E-state index is 0.169. The molecule has 0 unspecified atom stereocenters. The van der Waals surface area contributed by atoms with E-state index in [0.29, 0.717) is 29.1 Å². The fraction of sp³-hybridized carbons (Fsp3) is 0.375. The van der Waals surface area contributed by atoms with Gasteiger partial charge in [0.15, 0.2) is 17.1 Å². The van der Waals surface area contributed by atoms with Gasteiger partial charge in [-0.3, -0.25) is 9.59 Å². The quantitative estimate of drug-likeness (QED) is 0.403. The number of pyridine rings is 1. The molecule has 1 aromatic carbocycles. The third kappa shape index (κ3) is 6.80. The smallest absolute Gasteiger partial charge is 0.261 e. The predicted octanol–water partition coefficient (Wildman–Crippen LogP) is 3.38. The Kier molecular flexibility index (Phi) is 9.03. The minimum Gasteiger partial charge on any atom is -0.481 e. The molecule has 2 heterocycles. The molecule has 0 fully saturated rings. The number of anilines is 1. The molecule has 3 rings (SSSR count). The number of carbonyl (C=O) groups excluding carboxylic acids is 2. The normalized spacial score (nSPS) is 11.6. The molecule has 2 aromatic heterocycles. The fourth-order valence-corrected chi connectivity index (χ4v) is 3.98. The Morgan fingerprint density at radius 3 is 2.59 bits per heavy atom. The van der Waals surface area contributed by atoms with Crippen LogP contribution in [0.15, 0.2) is 47.8 Å². The van der Waals surface area contributed by atoms with Gasteiger partial charge < -0.3 is 19.9 Å². The van der Waals surface area contributed by atoms with Gasteiger partial charge in [-0.05, 0) is 56.5 Å². The first kappa shape index (κ1) is 25.2. The molecular formula is C24H30N6O3S. The third-order valence-electron chi connectivity index (χ3n) is 5.14. The molecular weight excluding hydrogens is 452 g/mol. The summed E-state index contributed by atoms with van der Waals surface area (Å²) in [5.41, 5.74) is 2.10. The van der Waals surface area contributed by atoms with E-state index < -0.39 is 6.10 Å². The average Bonchev–Trinajstić information content (AvgIpc) is 3.24. The van der Waals surface area contributed by atoms with E-state index in [-0.39, 0.29) is 24.1 Å². The van der Waals surface area contributed by atoms with Gasteiger partial charge in [0.25, 0.3) is 5.91 Å². The van der Waals surface area contributed by atoms with E-state index in [1.165, 1.54) is 17.3 Å². The minimum atomic E-state index is -0.655. The zero-order valence-corrected chi connectivity index (χ0v) is 20.7. The number of rotatable bonds is 11. The third-order valence-corrected chi connectivity index (χ3v) is 6.11. The first-order chi connectivity index (χ1) is 16.4. The van der Waals surface area contributed by atoms with E-state index in [4.69, 9.17) is 4.74 Å². The summed E-state index contributed by atoms with van der Waals surface area (Å²) in [5, 5.41) is 14.6. The van der Waals surface area contributed by atoms with Crippen LogP contribution in [0.1, 0.15) is 37.7 Å². The standard InChI is InChI=1S/C24H30N6O3S/c1-5-18-9-11-19(12-10-18)33-17(4)23(32)26-14-20-28-29-24(30(20)6-2)34-15-21(31)27-22-16(3)8-7-13-25-22/h7-13,17H,5-6,14-15H2,1-4H3,(H,26,32)(H,25,27,31)/t17-/m0/s1. The molecule has 3 aromatic rings. The van der Waals surface area contributed by atoms with Crippen molar-refractivity contribution in [3.8, 4) is 5.75 Å². The molecule has 0 spiro atoms. The fourth-order valence-electron chi connectivity index (χ4n) is 3.16. The van der Waals surface area contributed by atoms with Crippen molar-refractivity contribution < 1.29 is 14.3 Å². The molecule has 0 saturated carbocycles. The lowest BCUT2D eigenvalue weighted by Gasteiger charge is -2.15. The van der Waals surface area contributed by atoms with Gasteiger partial charge in [-0.2, -0.15) is 0 Å². The van der Waals surface area contributed by atoms with E-state index >= 15 is 0 Å². The highest BCUT2D eigenvalue weighted by molar-refractivity contribution is 7.99. The molecule has 0 saturated heterocycles. The Balaban J connectivity index is 1.51. The second-order valence-electron chi connectivity index (χ2n) is 7.62. The number of ether oxygens (including phenoxy) is 1. The number of aromatic nitrogens is 4. The lowest BCUT2D eigenvalue weighted by atomic mass is 10.2. The summed E-state index contributed by atoms with van der Waals surface area (Å²) in [6.45, 7) is 8.46. The first-order valence-electron chi connectivity index (χ1n) is 11.2. The molecule has 0 aliphatic heterocycles. The molecule has 0 bridgehead atoms. The number of aryl methyl sites for hydroxylation is 2. The van der Waals surface area contributed by atoms with E-state index in [9.17, 15) is 9.59 Å². The highest BCUT2D eigenvalue weighted by Gasteiger charge is 2.18. The Bertz CT molecular complexity index is 1120. The number of hydrogen-bond acceptors (Lipinski definition) is 7. The maximum Gasteiger partial charge on any atom is 0.261 e. The van der Waals surface area contributed by atoms with Crippen LogP contribution in [0.4, 0.5) is 5.82 Å². The van der Waals surface area contributed by atoms with Crippen molar-refractivity contribution >= 4 is 29.4 Å². The van der Waals surface area contributed by atoms with Crippen LogP contribution in [-0.2, 0) is 29.1 Å². The topological polar surface area (TPSA) is 111 Å². The highest BCUT2D eigenvalue weighted by Crippen LogP contribution is 2.18. The van der Waals surface area contributed by atoms with Crippen LogP contribution in [0.3, 0.4) is 0 Å². The van der Waals surface area contributed by atoms with Gasteiger partial charge in [-0.25, -0.2) is 4.98 Å². The lowest BCUT2D eigenvalue weighted by molar-refractivity contribution is -0.127. The molecule has 34 heavy (non-hydrogen) atoms. The van der Waals surface area contributed by atoms with Crippen molar-refractivity contribution in [2.45, 2.75) is 58.5 Å². The van der Waals surface area contributed by atoms with Gasteiger partial charge in [0.2, 0.25) is 5.91 Å². The van der Waals surface area contributed by atoms with Crippen molar-refractivity contribution in [2.24, 2.45) is 0 Å². The summed E-state index contributed by atoms with van der Waals surface area (Å²) in [7, 11) is 0. The van der Waals surface area contributed by atoms with Gasteiger partial charge in [-0.1, -0.05) is 36.9 Å². The van der Waals surface area contributed by atoms with Crippen LogP contribution in [0.25, 0.3) is 0 Å². The Hall–Kier alpha value is -3.40. The maximum absolute atomic E-state index is 12.5. The molecule has 0 aliphatic rings. The highest BCUT2D eigenvalue weighted by atomic mass is 32.2. The Morgan fingerprint density at radius 2 is 1.91 bits per heavy atom. The molecule has 2 amide bonds. The number of amides is 2. The monoisotopic (exact) mass is 482 g/mol. The molecule has 10 heteroatoms. The van der Waals surface area contributed by atoms with Crippen LogP contribution in [0, 0.1) is 6.92 Å². The number of nitrogens with one attached hydrogen (secondary N) is 2.